The number of carbonyl (C=O) groups is 2. The van der Waals surface area contributed by atoms with Crippen molar-refractivity contribution in [3.05, 3.63) is 23.8 Å². The first-order valence-electron chi connectivity index (χ1n) is 6.83. The molecule has 0 aliphatic carbocycles. The van der Waals surface area contributed by atoms with Gasteiger partial charge in [0.25, 0.3) is 0 Å². The van der Waals surface area contributed by atoms with Gasteiger partial charge in [0.1, 0.15) is 0 Å². The van der Waals surface area contributed by atoms with Crippen LogP contribution in [0.1, 0.15) is 38.7 Å². The lowest BCUT2D eigenvalue weighted by molar-refractivity contribution is -0.118. The highest BCUT2D eigenvalue weighted by Gasteiger charge is 2.23. The maximum atomic E-state index is 12.1. The van der Waals surface area contributed by atoms with E-state index in [1.807, 2.05) is 30.0 Å². The minimum absolute atomic E-state index is 0.0783. The Kier molecular flexibility index (Phi) is 4.20. The molecular weight excluding hydrogens is 240 g/mol. The van der Waals surface area contributed by atoms with Crippen molar-refractivity contribution in [2.75, 3.05) is 16.8 Å². The molecule has 1 aromatic rings. The minimum Gasteiger partial charge on any atom is -0.326 e. The van der Waals surface area contributed by atoms with E-state index in [9.17, 15) is 9.59 Å². The second kappa shape index (κ2) is 5.87. The summed E-state index contributed by atoms with van der Waals surface area (Å²) >= 11 is 0. The van der Waals surface area contributed by atoms with Crippen LogP contribution >= 0.6 is 0 Å². The number of rotatable bonds is 3. The first-order valence-corrected chi connectivity index (χ1v) is 6.83. The Bertz CT molecular complexity index is 497. The fourth-order valence-electron chi connectivity index (χ4n) is 2.54. The second-order valence-electron chi connectivity index (χ2n) is 4.88. The summed E-state index contributed by atoms with van der Waals surface area (Å²) < 4.78 is 0. The van der Waals surface area contributed by atoms with E-state index < -0.39 is 0 Å². The summed E-state index contributed by atoms with van der Waals surface area (Å²) in [7, 11) is 0. The lowest BCUT2D eigenvalue weighted by Gasteiger charge is -2.31. The van der Waals surface area contributed by atoms with Crippen LogP contribution in [0.2, 0.25) is 0 Å². The van der Waals surface area contributed by atoms with Gasteiger partial charge in [0.2, 0.25) is 11.8 Å². The second-order valence-corrected chi connectivity index (χ2v) is 4.88. The molecule has 0 saturated carbocycles. The minimum atomic E-state index is -0.0783. The highest BCUT2D eigenvalue weighted by atomic mass is 16.2. The number of fused-ring (bicyclic) bond motifs is 1. The summed E-state index contributed by atoms with van der Waals surface area (Å²) in [6, 6.07) is 5.75. The van der Waals surface area contributed by atoms with Crippen LogP contribution in [0.4, 0.5) is 11.4 Å². The molecule has 0 fully saturated rings. The van der Waals surface area contributed by atoms with E-state index in [0.29, 0.717) is 6.42 Å². The van der Waals surface area contributed by atoms with Crippen LogP contribution in [0.5, 0.6) is 0 Å². The van der Waals surface area contributed by atoms with Gasteiger partial charge in [-0.1, -0.05) is 13.0 Å². The summed E-state index contributed by atoms with van der Waals surface area (Å²) in [5.74, 6) is 0.0915. The van der Waals surface area contributed by atoms with E-state index in [1.165, 1.54) is 6.92 Å². The Morgan fingerprint density at radius 2 is 2.16 bits per heavy atom. The first-order chi connectivity index (χ1) is 9.13. The fraction of sp³-hybridized carbons (Fsp3) is 0.467. The third-order valence-electron chi connectivity index (χ3n) is 3.33. The third-order valence-corrected chi connectivity index (χ3v) is 3.33. The Morgan fingerprint density at radius 1 is 1.37 bits per heavy atom. The van der Waals surface area contributed by atoms with Crippen LogP contribution in [0.3, 0.4) is 0 Å². The number of anilines is 2. The van der Waals surface area contributed by atoms with Gasteiger partial charge < -0.3 is 10.2 Å². The largest absolute Gasteiger partial charge is 0.326 e. The van der Waals surface area contributed by atoms with E-state index in [4.69, 9.17) is 0 Å². The van der Waals surface area contributed by atoms with Gasteiger partial charge in [0, 0.05) is 31.3 Å². The van der Waals surface area contributed by atoms with E-state index in [2.05, 4.69) is 5.32 Å². The number of hydrogen-bond donors (Lipinski definition) is 1. The molecule has 4 heteroatoms. The number of hydrogen-bond acceptors (Lipinski definition) is 2. The highest BCUT2D eigenvalue weighted by molar-refractivity contribution is 5.97. The summed E-state index contributed by atoms with van der Waals surface area (Å²) in [5.41, 5.74) is 2.86. The van der Waals surface area contributed by atoms with Crippen LogP contribution in [-0.4, -0.2) is 18.4 Å². The van der Waals surface area contributed by atoms with Crippen molar-refractivity contribution >= 4 is 23.2 Å². The topological polar surface area (TPSA) is 49.4 Å². The molecule has 1 aliphatic rings. The average molecular weight is 260 g/mol. The number of amides is 2. The maximum absolute atomic E-state index is 12.1. The van der Waals surface area contributed by atoms with Gasteiger partial charge in [-0.15, -0.1) is 0 Å². The van der Waals surface area contributed by atoms with Crippen molar-refractivity contribution < 1.29 is 9.59 Å². The molecule has 102 valence electrons. The molecule has 1 N–H and O–H groups in total. The predicted molar refractivity (Wildman–Crippen MR) is 76.3 cm³/mol. The van der Waals surface area contributed by atoms with E-state index >= 15 is 0 Å². The molecule has 4 nitrogen and oxygen atoms in total. The normalized spacial score (nSPS) is 13.9. The number of nitrogens with one attached hydrogen (secondary N) is 1. The molecule has 0 spiro atoms. The van der Waals surface area contributed by atoms with Crippen molar-refractivity contribution in [2.24, 2.45) is 0 Å². The predicted octanol–water partition coefficient (Wildman–Crippen LogP) is 2.72. The lowest BCUT2D eigenvalue weighted by Crippen LogP contribution is -2.35. The summed E-state index contributed by atoms with van der Waals surface area (Å²) in [6.07, 6.45) is 3.28. The zero-order valence-electron chi connectivity index (χ0n) is 11.5. The average Bonchev–Trinajstić information content (AvgIpc) is 2.38. The summed E-state index contributed by atoms with van der Waals surface area (Å²) in [6.45, 7) is 4.29. The molecule has 0 aromatic heterocycles. The van der Waals surface area contributed by atoms with Gasteiger partial charge in [0.05, 0.1) is 0 Å². The number of carbonyl (C=O) groups excluding carboxylic acids is 2. The molecule has 0 atom stereocenters. The van der Waals surface area contributed by atoms with Crippen LogP contribution in [0.25, 0.3) is 0 Å². The summed E-state index contributed by atoms with van der Waals surface area (Å²) in [4.78, 5) is 25.2. The standard InChI is InChI=1S/C15H20N2O2/c1-3-6-15(19)17-10-5-7-12-13(16-11(2)18)8-4-9-14(12)17/h4,8-9H,3,5-7,10H2,1-2H3,(H,16,18). The highest BCUT2D eigenvalue weighted by Crippen LogP contribution is 2.33. The smallest absolute Gasteiger partial charge is 0.226 e. The molecule has 1 heterocycles. The van der Waals surface area contributed by atoms with Crippen LogP contribution in [0, 0.1) is 0 Å². The molecule has 0 saturated heterocycles. The van der Waals surface area contributed by atoms with Crippen molar-refractivity contribution in [2.45, 2.75) is 39.5 Å². The van der Waals surface area contributed by atoms with Crippen molar-refractivity contribution in [1.29, 1.82) is 0 Å². The molecule has 1 aromatic carbocycles. The SMILES string of the molecule is CCCC(=O)N1CCCc2c(NC(C)=O)cccc21. The summed E-state index contributed by atoms with van der Waals surface area (Å²) in [5, 5.41) is 2.85. The molecule has 0 radical (unpaired) electrons. The monoisotopic (exact) mass is 260 g/mol. The lowest BCUT2D eigenvalue weighted by atomic mass is 9.99. The van der Waals surface area contributed by atoms with Crippen LogP contribution in [-0.2, 0) is 16.0 Å². The Balaban J connectivity index is 2.34. The Morgan fingerprint density at radius 3 is 2.84 bits per heavy atom. The zero-order chi connectivity index (χ0) is 13.8. The first kappa shape index (κ1) is 13.6. The van der Waals surface area contributed by atoms with E-state index in [0.717, 1.165) is 42.7 Å². The number of benzene rings is 1. The molecule has 1 aliphatic heterocycles. The van der Waals surface area contributed by atoms with Gasteiger partial charge in [-0.25, -0.2) is 0 Å². The van der Waals surface area contributed by atoms with Crippen molar-refractivity contribution in [1.82, 2.24) is 0 Å². The quantitative estimate of drug-likeness (QED) is 0.908. The van der Waals surface area contributed by atoms with E-state index in [1.54, 1.807) is 0 Å². The van der Waals surface area contributed by atoms with Gasteiger partial charge >= 0.3 is 0 Å². The maximum Gasteiger partial charge on any atom is 0.226 e. The van der Waals surface area contributed by atoms with Crippen molar-refractivity contribution in [3.8, 4) is 0 Å². The molecule has 0 unspecified atom stereocenters. The molecule has 2 amide bonds. The van der Waals surface area contributed by atoms with Gasteiger partial charge in [-0.05, 0) is 37.0 Å². The molecule has 19 heavy (non-hydrogen) atoms. The zero-order valence-corrected chi connectivity index (χ0v) is 11.5. The van der Waals surface area contributed by atoms with E-state index in [-0.39, 0.29) is 11.8 Å². The molecule has 0 bridgehead atoms. The molecule has 2 rings (SSSR count). The Hall–Kier alpha value is -1.84. The van der Waals surface area contributed by atoms with Gasteiger partial charge in [-0.2, -0.15) is 0 Å². The Labute approximate surface area is 113 Å². The molecular formula is C15H20N2O2. The number of nitrogens with zero attached hydrogens (tertiary/aromatic N) is 1. The van der Waals surface area contributed by atoms with Crippen LogP contribution < -0.4 is 10.2 Å². The van der Waals surface area contributed by atoms with Crippen LogP contribution in [0.15, 0.2) is 18.2 Å². The fourth-order valence-corrected chi connectivity index (χ4v) is 2.54. The third kappa shape index (κ3) is 2.95. The van der Waals surface area contributed by atoms with Crippen molar-refractivity contribution in [3.63, 3.8) is 0 Å². The van der Waals surface area contributed by atoms with Gasteiger partial charge in [0.15, 0.2) is 0 Å². The van der Waals surface area contributed by atoms with Gasteiger partial charge in [-0.3, -0.25) is 9.59 Å².